The second-order valence-corrected chi connectivity index (χ2v) is 2.91. The molecule has 0 unspecified atom stereocenters. The number of carbonyl (C=O) groups is 2. The Kier molecular flexibility index (Phi) is 3.97. The van der Waals surface area contributed by atoms with Gasteiger partial charge in [-0.1, -0.05) is 0 Å². The largest absolute Gasteiger partial charge is 0.282 e. The molecule has 50 valence electrons. The van der Waals surface area contributed by atoms with E-state index < -0.39 is 0 Å². The van der Waals surface area contributed by atoms with E-state index >= 15 is 0 Å². The number of allylic oxidation sites excluding steroid dienone is 2. The molecule has 0 aliphatic carbocycles. The summed E-state index contributed by atoms with van der Waals surface area (Å²) in [6.07, 6.45) is 1.21. The van der Waals surface area contributed by atoms with Crippen LogP contribution in [0.15, 0.2) is 11.6 Å². The topological polar surface area (TPSA) is 34.1 Å². The van der Waals surface area contributed by atoms with E-state index in [1.54, 1.807) is 6.92 Å². The van der Waals surface area contributed by atoms with Crippen molar-refractivity contribution in [1.29, 1.82) is 0 Å². The Labute approximate surface area is 69.6 Å². The summed E-state index contributed by atoms with van der Waals surface area (Å²) >= 11 is 5.34. The molecule has 9 heavy (non-hydrogen) atoms. The molecule has 0 saturated heterocycles. The molecule has 0 aliphatic heterocycles. The van der Waals surface area contributed by atoms with E-state index in [1.165, 1.54) is 6.08 Å². The van der Waals surface area contributed by atoms with Gasteiger partial charge in [-0.25, -0.2) is 0 Å². The highest BCUT2D eigenvalue weighted by Gasteiger charge is 1.98. The molecule has 2 nitrogen and oxygen atoms in total. The Morgan fingerprint density at radius 1 is 1.33 bits per heavy atom. The molecule has 0 rings (SSSR count). The van der Waals surface area contributed by atoms with Crippen molar-refractivity contribution in [2.75, 3.05) is 0 Å². The van der Waals surface area contributed by atoms with Gasteiger partial charge in [-0.05, 0) is 38.8 Å². The Morgan fingerprint density at radius 3 is 1.89 bits per heavy atom. The monoisotopic (exact) mass is 254 g/mol. The van der Waals surface area contributed by atoms with Crippen LogP contribution in [0.25, 0.3) is 0 Å². The Balaban J connectivity index is 4.17. The molecule has 0 atom stereocenters. The fourth-order valence-electron chi connectivity index (χ4n) is 0.227. The summed E-state index contributed by atoms with van der Waals surface area (Å²) < 4.78 is -0.567. The molecule has 0 aromatic heterocycles. The van der Waals surface area contributed by atoms with Crippen LogP contribution < -0.4 is 0 Å². The number of carbonyl (C=O) groups excluding carboxylic acids is 2. The van der Waals surface area contributed by atoms with E-state index in [4.69, 9.17) is 0 Å². The molecule has 0 amide bonds. The molecule has 4 heteroatoms. The zero-order chi connectivity index (χ0) is 7.44. The molecule has 0 bridgehead atoms. The zero-order valence-corrected chi connectivity index (χ0v) is 7.82. The van der Waals surface area contributed by atoms with Crippen LogP contribution in [-0.4, -0.2) is 9.39 Å². The fourth-order valence-corrected chi connectivity index (χ4v) is 0.685. The maximum absolute atomic E-state index is 10.4. The number of hydrogen-bond acceptors (Lipinski definition) is 2. The first-order valence-corrected chi connectivity index (χ1v) is 3.70. The molecule has 0 spiro atoms. The summed E-state index contributed by atoms with van der Waals surface area (Å²) in [6, 6.07) is 0. The molecule has 0 N–H and O–H groups in total. The summed E-state index contributed by atoms with van der Waals surface area (Å²) in [4.78, 5) is 20.6. The van der Waals surface area contributed by atoms with Crippen LogP contribution in [0.2, 0.25) is 0 Å². The predicted molar refractivity (Wildman–Crippen MR) is 41.6 cm³/mol. The maximum atomic E-state index is 10.4. The van der Waals surface area contributed by atoms with Crippen molar-refractivity contribution in [2.45, 2.75) is 6.92 Å². The highest BCUT2D eigenvalue weighted by Crippen LogP contribution is 2.02. The first-order valence-electron chi connectivity index (χ1n) is 2.11. The highest BCUT2D eigenvalue weighted by molar-refractivity contribution is 9.18. The third-order valence-electron chi connectivity index (χ3n) is 0.640. The van der Waals surface area contributed by atoms with Gasteiger partial charge in [-0.2, -0.15) is 0 Å². The first-order chi connectivity index (χ1) is 4.04. The van der Waals surface area contributed by atoms with Crippen molar-refractivity contribution < 1.29 is 9.59 Å². The SMILES string of the molecule is C/C(=C/C(=O)Br)C(=O)Br. The first kappa shape index (κ1) is 9.04. The van der Waals surface area contributed by atoms with Crippen molar-refractivity contribution >= 4 is 41.2 Å². The summed E-state index contributed by atoms with van der Waals surface area (Å²) in [5, 5.41) is 0. The predicted octanol–water partition coefficient (Wildman–Crippen LogP) is 1.78. The van der Waals surface area contributed by atoms with Crippen molar-refractivity contribution in [3.05, 3.63) is 11.6 Å². The Morgan fingerprint density at radius 2 is 1.78 bits per heavy atom. The van der Waals surface area contributed by atoms with Crippen LogP contribution in [-0.2, 0) is 9.59 Å². The van der Waals surface area contributed by atoms with Crippen molar-refractivity contribution in [1.82, 2.24) is 0 Å². The smallest absolute Gasteiger partial charge is 0.223 e. The summed E-state index contributed by atoms with van der Waals surface area (Å²) in [6.45, 7) is 1.55. The maximum Gasteiger partial charge on any atom is 0.223 e. The highest BCUT2D eigenvalue weighted by atomic mass is 79.9. The van der Waals surface area contributed by atoms with Gasteiger partial charge in [0.25, 0.3) is 0 Å². The van der Waals surface area contributed by atoms with Crippen molar-refractivity contribution in [2.24, 2.45) is 0 Å². The standard InChI is InChI=1S/C5H4Br2O2/c1-3(5(7)9)2-4(6)8/h2H,1H3/b3-2-. The second kappa shape index (κ2) is 3.95. The molecule has 0 aromatic rings. The second-order valence-electron chi connectivity index (χ2n) is 1.41. The van der Waals surface area contributed by atoms with Gasteiger partial charge in [0.1, 0.15) is 0 Å². The third kappa shape index (κ3) is 4.54. The van der Waals surface area contributed by atoms with E-state index in [-0.39, 0.29) is 9.39 Å². The van der Waals surface area contributed by atoms with Crippen LogP contribution in [0.1, 0.15) is 6.92 Å². The number of hydrogen-bond donors (Lipinski definition) is 0. The lowest BCUT2D eigenvalue weighted by atomic mass is 10.3. The van der Waals surface area contributed by atoms with Gasteiger partial charge in [-0.3, -0.25) is 9.59 Å². The lowest BCUT2D eigenvalue weighted by Crippen LogP contribution is -1.89. The molecule has 0 aromatic carbocycles. The number of rotatable bonds is 2. The molecular formula is C5H4Br2O2. The zero-order valence-electron chi connectivity index (χ0n) is 4.65. The van der Waals surface area contributed by atoms with Gasteiger partial charge in [0.2, 0.25) is 9.39 Å². The van der Waals surface area contributed by atoms with Gasteiger partial charge >= 0.3 is 0 Å². The van der Waals surface area contributed by atoms with Crippen LogP contribution in [0.5, 0.6) is 0 Å². The minimum absolute atomic E-state index is 0.268. The minimum atomic E-state index is -0.298. The molecule has 0 radical (unpaired) electrons. The average Bonchev–Trinajstić information content (AvgIpc) is 1.63. The van der Waals surface area contributed by atoms with E-state index in [2.05, 4.69) is 31.9 Å². The van der Waals surface area contributed by atoms with Gasteiger partial charge in [0, 0.05) is 11.6 Å². The van der Waals surface area contributed by atoms with Crippen LogP contribution >= 0.6 is 31.9 Å². The van der Waals surface area contributed by atoms with Crippen molar-refractivity contribution in [3.8, 4) is 0 Å². The quantitative estimate of drug-likeness (QED) is 0.557. The lowest BCUT2D eigenvalue weighted by Gasteiger charge is -1.85. The van der Waals surface area contributed by atoms with E-state index in [0.717, 1.165) is 0 Å². The van der Waals surface area contributed by atoms with Crippen LogP contribution in [0, 0.1) is 0 Å². The van der Waals surface area contributed by atoms with Crippen LogP contribution in [0.4, 0.5) is 0 Å². The van der Waals surface area contributed by atoms with Gasteiger partial charge in [-0.15, -0.1) is 0 Å². The molecule has 0 heterocycles. The van der Waals surface area contributed by atoms with Crippen LogP contribution in [0.3, 0.4) is 0 Å². The Bertz CT molecular complexity index is 172. The third-order valence-corrected chi connectivity index (χ3v) is 1.49. The van der Waals surface area contributed by atoms with E-state index in [1.807, 2.05) is 0 Å². The average molecular weight is 256 g/mol. The minimum Gasteiger partial charge on any atom is -0.282 e. The summed E-state index contributed by atoms with van der Waals surface area (Å²) in [7, 11) is 0. The number of halogens is 2. The lowest BCUT2D eigenvalue weighted by molar-refractivity contribution is -0.109. The molecular weight excluding hydrogens is 252 g/mol. The summed E-state index contributed by atoms with van der Waals surface area (Å²) in [5.41, 5.74) is 0.386. The van der Waals surface area contributed by atoms with Gasteiger partial charge < -0.3 is 0 Å². The van der Waals surface area contributed by atoms with Crippen molar-refractivity contribution in [3.63, 3.8) is 0 Å². The van der Waals surface area contributed by atoms with Gasteiger partial charge in [0.15, 0.2) is 0 Å². The molecule has 0 saturated carbocycles. The Hall–Kier alpha value is 0.0400. The summed E-state index contributed by atoms with van der Waals surface area (Å²) in [5.74, 6) is 0. The van der Waals surface area contributed by atoms with E-state index in [0.29, 0.717) is 5.57 Å². The normalized spacial score (nSPS) is 11.2. The van der Waals surface area contributed by atoms with E-state index in [9.17, 15) is 9.59 Å². The van der Waals surface area contributed by atoms with Gasteiger partial charge in [0.05, 0.1) is 0 Å². The molecule has 0 aliphatic rings. The molecule has 0 fully saturated rings. The fraction of sp³-hybridized carbons (Fsp3) is 0.200.